The van der Waals surface area contributed by atoms with Crippen molar-refractivity contribution in [1.29, 1.82) is 0 Å². The summed E-state index contributed by atoms with van der Waals surface area (Å²) in [6, 6.07) is 24.0. The van der Waals surface area contributed by atoms with Gasteiger partial charge in [0.15, 0.2) is 0 Å². The second-order valence-corrected chi connectivity index (χ2v) is 10.3. The number of piperidine rings is 1. The maximum Gasteiger partial charge on any atom is 0.329 e. The lowest BCUT2D eigenvalue weighted by molar-refractivity contribution is -0.159. The van der Waals surface area contributed by atoms with Gasteiger partial charge in [0, 0.05) is 13.0 Å². The third-order valence-corrected chi connectivity index (χ3v) is 7.21. The van der Waals surface area contributed by atoms with Crippen molar-refractivity contribution < 1.29 is 23.9 Å². The van der Waals surface area contributed by atoms with E-state index in [2.05, 4.69) is 5.32 Å². The van der Waals surface area contributed by atoms with E-state index in [9.17, 15) is 14.4 Å². The number of esters is 1. The minimum atomic E-state index is -0.876. The number of benzene rings is 3. The SMILES string of the molecule is CCOc1ccc(C[C@H](N)C(=O)NC(Cc2ccccc2)C(=O)N2CCCC[C@@H]2C(=O)OCc2ccccc2)cc1. The van der Waals surface area contributed by atoms with E-state index in [0.717, 1.165) is 35.3 Å². The first-order valence-electron chi connectivity index (χ1n) is 14.3. The molecule has 3 aromatic rings. The summed E-state index contributed by atoms with van der Waals surface area (Å²) in [6.45, 7) is 3.05. The molecule has 0 aliphatic carbocycles. The van der Waals surface area contributed by atoms with Crippen LogP contribution in [0.15, 0.2) is 84.9 Å². The Bertz CT molecular complexity index is 1270. The predicted molar refractivity (Wildman–Crippen MR) is 157 cm³/mol. The highest BCUT2D eigenvalue weighted by atomic mass is 16.5. The number of carbonyl (C=O) groups excluding carboxylic acids is 3. The first-order chi connectivity index (χ1) is 19.9. The van der Waals surface area contributed by atoms with Crippen LogP contribution in [-0.2, 0) is 38.6 Å². The van der Waals surface area contributed by atoms with Crippen LogP contribution in [0.3, 0.4) is 0 Å². The van der Waals surface area contributed by atoms with E-state index >= 15 is 0 Å². The van der Waals surface area contributed by atoms with Gasteiger partial charge in [0.1, 0.15) is 24.4 Å². The Balaban J connectivity index is 1.46. The summed E-state index contributed by atoms with van der Waals surface area (Å²) >= 11 is 0. The van der Waals surface area contributed by atoms with Gasteiger partial charge in [0.05, 0.1) is 12.6 Å². The molecule has 2 amide bonds. The fourth-order valence-corrected chi connectivity index (χ4v) is 5.03. The van der Waals surface area contributed by atoms with Gasteiger partial charge in [-0.3, -0.25) is 9.59 Å². The molecule has 3 atom stereocenters. The number of rotatable bonds is 12. The molecule has 8 nitrogen and oxygen atoms in total. The molecule has 1 aliphatic heterocycles. The Morgan fingerprint density at radius 3 is 2.17 bits per heavy atom. The number of amides is 2. The molecule has 0 saturated carbocycles. The minimum absolute atomic E-state index is 0.142. The molecule has 0 spiro atoms. The van der Waals surface area contributed by atoms with Crippen LogP contribution < -0.4 is 15.8 Å². The molecule has 1 fully saturated rings. The molecule has 4 rings (SSSR count). The third kappa shape index (κ3) is 8.66. The van der Waals surface area contributed by atoms with Gasteiger partial charge >= 0.3 is 5.97 Å². The smallest absolute Gasteiger partial charge is 0.329 e. The van der Waals surface area contributed by atoms with Gasteiger partial charge in [-0.2, -0.15) is 0 Å². The molecule has 0 aromatic heterocycles. The van der Waals surface area contributed by atoms with Crippen molar-refractivity contribution in [2.45, 2.75) is 63.8 Å². The quantitative estimate of drug-likeness (QED) is 0.328. The van der Waals surface area contributed by atoms with Crippen molar-refractivity contribution in [2.24, 2.45) is 5.73 Å². The maximum absolute atomic E-state index is 14.0. The molecule has 3 N–H and O–H groups in total. The van der Waals surface area contributed by atoms with Crippen LogP contribution in [0.1, 0.15) is 42.9 Å². The van der Waals surface area contributed by atoms with Crippen molar-refractivity contribution in [3.05, 3.63) is 102 Å². The number of hydrogen-bond acceptors (Lipinski definition) is 6. The zero-order chi connectivity index (χ0) is 29.0. The molecule has 216 valence electrons. The summed E-state index contributed by atoms with van der Waals surface area (Å²) in [5, 5.41) is 2.90. The Hall–Kier alpha value is -4.17. The lowest BCUT2D eigenvalue weighted by Crippen LogP contribution is -2.58. The van der Waals surface area contributed by atoms with E-state index in [1.807, 2.05) is 91.9 Å². The van der Waals surface area contributed by atoms with E-state index in [0.29, 0.717) is 26.0 Å². The largest absolute Gasteiger partial charge is 0.494 e. The molecular formula is C33H39N3O5. The average molecular weight is 558 g/mol. The molecular weight excluding hydrogens is 518 g/mol. The topological polar surface area (TPSA) is 111 Å². The van der Waals surface area contributed by atoms with Gasteiger partial charge in [-0.05, 0) is 61.4 Å². The number of nitrogens with two attached hydrogens (primary N) is 1. The van der Waals surface area contributed by atoms with Gasteiger partial charge in [-0.1, -0.05) is 72.8 Å². The first kappa shape index (κ1) is 29.8. The summed E-state index contributed by atoms with van der Waals surface area (Å²) in [6.07, 6.45) is 2.70. The number of carbonyl (C=O) groups is 3. The number of nitrogens with zero attached hydrogens (tertiary/aromatic N) is 1. The van der Waals surface area contributed by atoms with Gasteiger partial charge < -0.3 is 25.4 Å². The highest BCUT2D eigenvalue weighted by molar-refractivity contribution is 5.92. The zero-order valence-electron chi connectivity index (χ0n) is 23.5. The van der Waals surface area contributed by atoms with Crippen LogP contribution in [0.25, 0.3) is 0 Å². The molecule has 1 heterocycles. The van der Waals surface area contributed by atoms with E-state index in [1.165, 1.54) is 0 Å². The van der Waals surface area contributed by atoms with Crippen LogP contribution in [-0.4, -0.2) is 54.0 Å². The number of likely N-dealkylation sites (tertiary alicyclic amines) is 1. The Kier molecular flexibility index (Phi) is 10.9. The van der Waals surface area contributed by atoms with Gasteiger partial charge in [-0.25, -0.2) is 4.79 Å². The lowest BCUT2D eigenvalue weighted by atomic mass is 9.98. The van der Waals surface area contributed by atoms with E-state index in [1.54, 1.807) is 4.90 Å². The Morgan fingerprint density at radius 2 is 1.51 bits per heavy atom. The summed E-state index contributed by atoms with van der Waals surface area (Å²) in [5.74, 6) is -0.412. The summed E-state index contributed by atoms with van der Waals surface area (Å²) < 4.78 is 11.1. The summed E-state index contributed by atoms with van der Waals surface area (Å²) in [5.41, 5.74) is 8.96. The van der Waals surface area contributed by atoms with Crippen molar-refractivity contribution in [1.82, 2.24) is 10.2 Å². The Labute approximate surface area is 241 Å². The molecule has 1 aliphatic rings. The fourth-order valence-electron chi connectivity index (χ4n) is 5.03. The highest BCUT2D eigenvalue weighted by Gasteiger charge is 2.37. The van der Waals surface area contributed by atoms with E-state index < -0.39 is 30.0 Å². The van der Waals surface area contributed by atoms with Gasteiger partial charge in [0.25, 0.3) is 0 Å². The maximum atomic E-state index is 14.0. The lowest BCUT2D eigenvalue weighted by Gasteiger charge is -2.36. The second-order valence-electron chi connectivity index (χ2n) is 10.3. The van der Waals surface area contributed by atoms with E-state index in [-0.39, 0.29) is 18.9 Å². The van der Waals surface area contributed by atoms with Crippen molar-refractivity contribution >= 4 is 17.8 Å². The molecule has 8 heteroatoms. The third-order valence-electron chi connectivity index (χ3n) is 7.21. The first-order valence-corrected chi connectivity index (χ1v) is 14.3. The number of ether oxygens (including phenoxy) is 2. The van der Waals surface area contributed by atoms with Crippen molar-refractivity contribution in [2.75, 3.05) is 13.2 Å². The minimum Gasteiger partial charge on any atom is -0.494 e. The summed E-state index contributed by atoms with van der Waals surface area (Å²) in [4.78, 5) is 41.9. The van der Waals surface area contributed by atoms with Crippen LogP contribution in [0.4, 0.5) is 0 Å². The van der Waals surface area contributed by atoms with Crippen LogP contribution in [0, 0.1) is 0 Å². The molecule has 41 heavy (non-hydrogen) atoms. The van der Waals surface area contributed by atoms with Crippen LogP contribution in [0.5, 0.6) is 5.75 Å². The normalized spacial score (nSPS) is 16.3. The average Bonchev–Trinajstić information content (AvgIpc) is 3.01. The highest BCUT2D eigenvalue weighted by Crippen LogP contribution is 2.21. The second kappa shape index (κ2) is 15.0. The molecule has 0 radical (unpaired) electrons. The standard InChI is InChI=1S/C33H39N3O5/c1-2-40-27-18-16-25(17-19-27)21-28(34)31(37)35-29(22-24-11-5-3-6-12-24)32(38)36-20-10-9-15-30(36)33(39)41-23-26-13-7-4-8-14-26/h3-8,11-14,16-19,28-30H,2,9-10,15,20-23,34H2,1H3,(H,35,37)/t28-,29?,30+/m0/s1. The summed E-state index contributed by atoms with van der Waals surface area (Å²) in [7, 11) is 0. The predicted octanol–water partition coefficient (Wildman–Crippen LogP) is 3.81. The number of hydrogen-bond donors (Lipinski definition) is 2. The van der Waals surface area contributed by atoms with Gasteiger partial charge in [-0.15, -0.1) is 0 Å². The van der Waals surface area contributed by atoms with Crippen LogP contribution in [0.2, 0.25) is 0 Å². The number of nitrogens with one attached hydrogen (secondary N) is 1. The zero-order valence-corrected chi connectivity index (χ0v) is 23.5. The molecule has 0 bridgehead atoms. The molecule has 3 aromatic carbocycles. The monoisotopic (exact) mass is 557 g/mol. The molecule has 1 saturated heterocycles. The van der Waals surface area contributed by atoms with Crippen LogP contribution >= 0.6 is 0 Å². The Morgan fingerprint density at radius 1 is 0.878 bits per heavy atom. The van der Waals surface area contributed by atoms with Crippen molar-refractivity contribution in [3.8, 4) is 5.75 Å². The molecule has 1 unspecified atom stereocenters. The van der Waals surface area contributed by atoms with Gasteiger partial charge in [0.2, 0.25) is 11.8 Å². The fraction of sp³-hybridized carbons (Fsp3) is 0.364. The van der Waals surface area contributed by atoms with E-state index in [4.69, 9.17) is 15.2 Å². The van der Waals surface area contributed by atoms with Crippen molar-refractivity contribution in [3.63, 3.8) is 0 Å².